The predicted octanol–water partition coefficient (Wildman–Crippen LogP) is 4.61. The molecule has 0 spiro atoms. The molecule has 3 aromatic rings. The van der Waals surface area contributed by atoms with Crippen molar-refractivity contribution in [1.82, 2.24) is 9.97 Å². The number of aromatic nitrogens is 2. The molecule has 3 nitrogen and oxygen atoms in total. The molecule has 0 aliphatic heterocycles. The lowest BCUT2D eigenvalue weighted by atomic mass is 10.2. The second-order valence-corrected chi connectivity index (χ2v) is 6.57. The van der Waals surface area contributed by atoms with E-state index in [2.05, 4.69) is 48.5 Å². The minimum atomic E-state index is -0.160. The Bertz CT molecular complexity index is 879. The summed E-state index contributed by atoms with van der Waals surface area (Å²) in [6.45, 7) is 0. The fourth-order valence-corrected chi connectivity index (χ4v) is 3.39. The highest BCUT2D eigenvalue weighted by Gasteiger charge is 2.12. The molecule has 3 rings (SSSR count). The number of aromatic amines is 1. The van der Waals surface area contributed by atoms with Crippen molar-refractivity contribution in [2.45, 2.75) is 0 Å². The van der Waals surface area contributed by atoms with Gasteiger partial charge in [0.1, 0.15) is 5.82 Å². The van der Waals surface area contributed by atoms with E-state index in [1.165, 1.54) is 0 Å². The number of fused-ring (bicyclic) bond motifs is 1. The molecule has 20 heavy (non-hydrogen) atoms. The molecule has 0 aliphatic rings. The van der Waals surface area contributed by atoms with Gasteiger partial charge < -0.3 is 4.98 Å². The Hall–Kier alpha value is -0.920. The second kappa shape index (κ2) is 5.46. The van der Waals surface area contributed by atoms with E-state index in [0.29, 0.717) is 21.7 Å². The van der Waals surface area contributed by atoms with Crippen molar-refractivity contribution in [2.24, 2.45) is 0 Å². The Balaban J connectivity index is 2.33. The number of para-hydroxylation sites is 1. The van der Waals surface area contributed by atoms with Gasteiger partial charge in [-0.2, -0.15) is 0 Å². The molecular formula is C14H7BrClIN2O. The van der Waals surface area contributed by atoms with E-state index in [9.17, 15) is 4.79 Å². The van der Waals surface area contributed by atoms with E-state index < -0.39 is 0 Å². The third-order valence-electron chi connectivity index (χ3n) is 2.86. The normalized spacial score (nSPS) is 10.9. The monoisotopic (exact) mass is 460 g/mol. The van der Waals surface area contributed by atoms with Crippen LogP contribution in [0.4, 0.5) is 0 Å². The third-order valence-corrected chi connectivity index (χ3v) is 5.53. The molecule has 1 aromatic heterocycles. The van der Waals surface area contributed by atoms with Crippen molar-refractivity contribution in [1.29, 1.82) is 0 Å². The highest BCUT2D eigenvalue weighted by atomic mass is 127. The summed E-state index contributed by atoms with van der Waals surface area (Å²) in [5.41, 5.74) is 1.27. The van der Waals surface area contributed by atoms with Crippen LogP contribution in [0.3, 0.4) is 0 Å². The van der Waals surface area contributed by atoms with Gasteiger partial charge in [0.15, 0.2) is 0 Å². The summed E-state index contributed by atoms with van der Waals surface area (Å²) in [5.74, 6) is 0.501. The lowest BCUT2D eigenvalue weighted by Crippen LogP contribution is -2.09. The smallest absolute Gasteiger partial charge is 0.259 e. The molecule has 0 unspecified atom stereocenters. The average Bonchev–Trinajstić information content (AvgIpc) is 2.43. The average molecular weight is 461 g/mol. The number of rotatable bonds is 1. The Kier molecular flexibility index (Phi) is 3.83. The van der Waals surface area contributed by atoms with Crippen LogP contribution in [-0.4, -0.2) is 9.97 Å². The Morgan fingerprint density at radius 1 is 1.25 bits per heavy atom. The standard InChI is InChI=1S/C14H7BrClIN2O/c15-12-9(5-7(16)6-10(12)17)13-18-11-4-2-1-3-8(11)14(20)19-13/h1-6H,(H,18,19,20). The lowest BCUT2D eigenvalue weighted by molar-refractivity contribution is 1.17. The SMILES string of the molecule is O=c1[nH]c(-c2cc(Cl)cc(I)c2Br)nc2ccccc12. The van der Waals surface area contributed by atoms with Gasteiger partial charge in [-0.15, -0.1) is 0 Å². The quantitative estimate of drug-likeness (QED) is 0.425. The number of hydrogen-bond donors (Lipinski definition) is 1. The first kappa shape index (κ1) is 14.0. The summed E-state index contributed by atoms with van der Waals surface area (Å²) < 4.78 is 1.82. The summed E-state index contributed by atoms with van der Waals surface area (Å²) in [4.78, 5) is 19.4. The Morgan fingerprint density at radius 2 is 2.00 bits per heavy atom. The molecule has 2 aromatic carbocycles. The number of nitrogens with zero attached hydrogens (tertiary/aromatic N) is 1. The van der Waals surface area contributed by atoms with E-state index in [0.717, 1.165) is 13.6 Å². The molecule has 0 fully saturated rings. The van der Waals surface area contributed by atoms with Crippen molar-refractivity contribution in [3.05, 3.63) is 59.8 Å². The first-order valence-corrected chi connectivity index (χ1v) is 7.95. The fourth-order valence-electron chi connectivity index (χ4n) is 1.94. The van der Waals surface area contributed by atoms with Gasteiger partial charge in [0.2, 0.25) is 0 Å². The number of halogens is 3. The predicted molar refractivity (Wildman–Crippen MR) is 93.2 cm³/mol. The molecule has 6 heteroatoms. The molecule has 100 valence electrons. The second-order valence-electron chi connectivity index (χ2n) is 4.18. The van der Waals surface area contributed by atoms with Crippen LogP contribution >= 0.6 is 50.1 Å². The van der Waals surface area contributed by atoms with Gasteiger partial charge in [0.05, 0.1) is 10.9 Å². The maximum Gasteiger partial charge on any atom is 0.259 e. The van der Waals surface area contributed by atoms with E-state index in [4.69, 9.17) is 11.6 Å². The highest BCUT2D eigenvalue weighted by molar-refractivity contribution is 14.1. The molecule has 0 saturated carbocycles. The Morgan fingerprint density at radius 3 is 2.80 bits per heavy atom. The molecule has 0 radical (unpaired) electrons. The molecule has 1 N–H and O–H groups in total. The van der Waals surface area contributed by atoms with Gasteiger partial charge in [0.25, 0.3) is 5.56 Å². The zero-order chi connectivity index (χ0) is 14.3. The summed E-state index contributed by atoms with van der Waals surface area (Å²) in [5, 5.41) is 1.17. The van der Waals surface area contributed by atoms with Crippen LogP contribution in [0.1, 0.15) is 0 Å². The first-order valence-electron chi connectivity index (χ1n) is 5.70. The van der Waals surface area contributed by atoms with Crippen molar-refractivity contribution < 1.29 is 0 Å². The van der Waals surface area contributed by atoms with Gasteiger partial charge in [-0.05, 0) is 62.8 Å². The minimum absolute atomic E-state index is 0.160. The van der Waals surface area contributed by atoms with Crippen LogP contribution in [0.25, 0.3) is 22.3 Å². The van der Waals surface area contributed by atoms with Crippen LogP contribution in [0, 0.1) is 3.57 Å². The Labute approximate surface area is 141 Å². The molecule has 1 heterocycles. The topological polar surface area (TPSA) is 45.8 Å². The van der Waals surface area contributed by atoms with Crippen LogP contribution in [0.15, 0.2) is 45.7 Å². The number of nitrogens with one attached hydrogen (secondary N) is 1. The van der Waals surface area contributed by atoms with Gasteiger partial charge in [-0.25, -0.2) is 4.98 Å². The summed E-state index contributed by atoms with van der Waals surface area (Å²) >= 11 is 11.8. The summed E-state index contributed by atoms with van der Waals surface area (Å²) in [6.07, 6.45) is 0. The van der Waals surface area contributed by atoms with Crippen molar-refractivity contribution >= 4 is 61.0 Å². The number of hydrogen-bond acceptors (Lipinski definition) is 2. The molecule has 0 bridgehead atoms. The molecule has 0 saturated heterocycles. The molecule has 0 aliphatic carbocycles. The molecule has 0 atom stereocenters. The number of H-pyrrole nitrogens is 1. The van der Waals surface area contributed by atoms with Gasteiger partial charge in [-0.3, -0.25) is 4.79 Å². The molecule has 0 amide bonds. The van der Waals surface area contributed by atoms with Gasteiger partial charge in [-0.1, -0.05) is 23.7 Å². The van der Waals surface area contributed by atoms with E-state index in [1.807, 2.05) is 24.3 Å². The largest absolute Gasteiger partial charge is 0.306 e. The lowest BCUT2D eigenvalue weighted by Gasteiger charge is -2.07. The fraction of sp³-hybridized carbons (Fsp3) is 0. The third kappa shape index (κ3) is 2.49. The van der Waals surface area contributed by atoms with Crippen molar-refractivity contribution in [3.63, 3.8) is 0 Å². The van der Waals surface area contributed by atoms with E-state index in [-0.39, 0.29) is 5.56 Å². The number of benzene rings is 2. The van der Waals surface area contributed by atoms with Crippen LogP contribution in [-0.2, 0) is 0 Å². The van der Waals surface area contributed by atoms with Gasteiger partial charge >= 0.3 is 0 Å². The summed E-state index contributed by atoms with van der Waals surface area (Å²) in [7, 11) is 0. The van der Waals surface area contributed by atoms with Crippen LogP contribution in [0.5, 0.6) is 0 Å². The zero-order valence-electron chi connectivity index (χ0n) is 9.95. The minimum Gasteiger partial charge on any atom is -0.306 e. The van der Waals surface area contributed by atoms with Gasteiger partial charge in [0, 0.05) is 18.6 Å². The maximum absolute atomic E-state index is 12.1. The maximum atomic E-state index is 12.1. The van der Waals surface area contributed by atoms with Crippen molar-refractivity contribution in [3.8, 4) is 11.4 Å². The highest BCUT2D eigenvalue weighted by Crippen LogP contribution is 2.33. The van der Waals surface area contributed by atoms with E-state index in [1.54, 1.807) is 12.1 Å². The summed E-state index contributed by atoms with van der Waals surface area (Å²) in [6, 6.07) is 10.9. The molecular weight excluding hydrogens is 454 g/mol. The van der Waals surface area contributed by atoms with E-state index >= 15 is 0 Å². The van der Waals surface area contributed by atoms with Crippen LogP contribution in [0.2, 0.25) is 5.02 Å². The van der Waals surface area contributed by atoms with Crippen LogP contribution < -0.4 is 5.56 Å². The first-order chi connectivity index (χ1) is 9.56. The zero-order valence-corrected chi connectivity index (χ0v) is 14.5. The van der Waals surface area contributed by atoms with Crippen molar-refractivity contribution in [2.75, 3.05) is 0 Å².